The van der Waals surface area contributed by atoms with Crippen molar-refractivity contribution in [1.82, 2.24) is 0 Å². The molecule has 1 atom stereocenters. The van der Waals surface area contributed by atoms with Crippen LogP contribution < -0.4 is 5.73 Å². The first-order valence-electron chi connectivity index (χ1n) is 2.65. The van der Waals surface area contributed by atoms with E-state index in [4.69, 9.17) is 10.8 Å². The molecule has 56 valence electrons. The predicted octanol–water partition coefficient (Wildman–Crippen LogP) is -0.497. The topological polar surface area (TPSA) is 63.3 Å². The molecule has 0 aliphatic carbocycles. The SMILES string of the molecule is CSCC[C@H](N)C(=O)O.[LiH]. The van der Waals surface area contributed by atoms with Gasteiger partial charge in [0.1, 0.15) is 6.04 Å². The predicted molar refractivity (Wildman–Crippen MR) is 45.8 cm³/mol. The van der Waals surface area contributed by atoms with Gasteiger partial charge in [0, 0.05) is 0 Å². The summed E-state index contributed by atoms with van der Waals surface area (Å²) < 4.78 is 0. The number of thioether (sulfide) groups is 1. The summed E-state index contributed by atoms with van der Waals surface area (Å²) in [5, 5.41) is 8.27. The molecule has 0 unspecified atom stereocenters. The van der Waals surface area contributed by atoms with Gasteiger partial charge in [0.05, 0.1) is 0 Å². The number of carboxylic acid groups (broad SMARTS) is 1. The van der Waals surface area contributed by atoms with Crippen LogP contribution >= 0.6 is 11.8 Å². The van der Waals surface area contributed by atoms with Crippen molar-refractivity contribution in [3.8, 4) is 0 Å². The average Bonchev–Trinajstić information content (AvgIpc) is 1.82. The van der Waals surface area contributed by atoms with E-state index in [1.165, 1.54) is 0 Å². The summed E-state index contributed by atoms with van der Waals surface area (Å²) in [5.74, 6) is -0.1000. The fraction of sp³-hybridized carbons (Fsp3) is 0.800. The van der Waals surface area contributed by atoms with Gasteiger partial charge in [0.2, 0.25) is 0 Å². The van der Waals surface area contributed by atoms with E-state index in [-0.39, 0.29) is 18.9 Å². The Balaban J connectivity index is 0. The molecular weight excluding hydrogens is 145 g/mol. The monoisotopic (exact) mass is 157 g/mol. The fourth-order valence-corrected chi connectivity index (χ4v) is 0.858. The third kappa shape index (κ3) is 6.50. The summed E-state index contributed by atoms with van der Waals surface area (Å²) >= 11 is 1.60. The van der Waals surface area contributed by atoms with Crippen LogP contribution in [0.1, 0.15) is 6.42 Å². The number of carbonyl (C=O) groups is 1. The van der Waals surface area contributed by atoms with Gasteiger partial charge < -0.3 is 10.8 Å². The second-order valence-corrected chi connectivity index (χ2v) is 2.71. The van der Waals surface area contributed by atoms with Crippen LogP contribution in [0.15, 0.2) is 0 Å². The molecule has 0 saturated heterocycles. The van der Waals surface area contributed by atoms with E-state index >= 15 is 0 Å². The van der Waals surface area contributed by atoms with E-state index < -0.39 is 12.0 Å². The Labute approximate surface area is 76.9 Å². The molecule has 0 aromatic rings. The van der Waals surface area contributed by atoms with E-state index in [2.05, 4.69) is 0 Å². The van der Waals surface area contributed by atoms with E-state index in [1.54, 1.807) is 11.8 Å². The molecule has 10 heavy (non-hydrogen) atoms. The second-order valence-electron chi connectivity index (χ2n) is 1.73. The molecule has 0 heterocycles. The molecule has 3 nitrogen and oxygen atoms in total. The van der Waals surface area contributed by atoms with Crippen molar-refractivity contribution >= 4 is 36.6 Å². The van der Waals surface area contributed by atoms with Crippen LogP contribution in [0.25, 0.3) is 0 Å². The van der Waals surface area contributed by atoms with Gasteiger partial charge in [0.15, 0.2) is 0 Å². The fourth-order valence-electron chi connectivity index (χ4n) is 0.368. The molecule has 0 rings (SSSR count). The van der Waals surface area contributed by atoms with Gasteiger partial charge in [-0.1, -0.05) is 0 Å². The van der Waals surface area contributed by atoms with Crippen LogP contribution in [0.5, 0.6) is 0 Å². The summed E-state index contributed by atoms with van der Waals surface area (Å²) in [5.41, 5.74) is 5.19. The van der Waals surface area contributed by atoms with Crippen molar-refractivity contribution in [3.05, 3.63) is 0 Å². The molecule has 0 bridgehead atoms. The van der Waals surface area contributed by atoms with Crippen molar-refractivity contribution in [1.29, 1.82) is 0 Å². The van der Waals surface area contributed by atoms with Crippen LogP contribution in [-0.2, 0) is 4.79 Å². The van der Waals surface area contributed by atoms with Crippen molar-refractivity contribution in [3.63, 3.8) is 0 Å². The first kappa shape index (κ1) is 13.0. The Hall–Kier alpha value is 0.377. The van der Waals surface area contributed by atoms with E-state index in [0.717, 1.165) is 5.75 Å². The standard InChI is InChI=1S/C5H11NO2S.Li.H/c1-9-3-2-4(6)5(7)8;;/h4H,2-3,6H2,1H3,(H,7,8);;/t4-;;/m0../s1. The van der Waals surface area contributed by atoms with Crippen LogP contribution in [0.2, 0.25) is 0 Å². The number of carboxylic acids is 1. The normalized spacial score (nSPS) is 11.8. The first-order valence-corrected chi connectivity index (χ1v) is 4.05. The minimum absolute atomic E-state index is 0. The zero-order valence-corrected chi connectivity index (χ0v) is 6.15. The number of hydrogen-bond donors (Lipinski definition) is 2. The number of nitrogens with two attached hydrogens (primary N) is 1. The van der Waals surface area contributed by atoms with Crippen LogP contribution in [0.3, 0.4) is 0 Å². The Bertz CT molecular complexity index is 102. The van der Waals surface area contributed by atoms with Crippen LogP contribution in [-0.4, -0.2) is 48.0 Å². The molecule has 0 aromatic carbocycles. The van der Waals surface area contributed by atoms with Crippen molar-refractivity contribution in [2.24, 2.45) is 5.73 Å². The second kappa shape index (κ2) is 7.48. The molecule has 0 aromatic heterocycles. The van der Waals surface area contributed by atoms with Gasteiger partial charge >= 0.3 is 24.8 Å². The molecule has 0 fully saturated rings. The van der Waals surface area contributed by atoms with E-state index in [9.17, 15) is 4.79 Å². The number of rotatable bonds is 4. The average molecular weight is 157 g/mol. The van der Waals surface area contributed by atoms with Gasteiger partial charge in [-0.25, -0.2) is 0 Å². The summed E-state index contributed by atoms with van der Waals surface area (Å²) in [7, 11) is 0. The Morgan fingerprint density at radius 2 is 2.30 bits per heavy atom. The van der Waals surface area contributed by atoms with E-state index in [0.29, 0.717) is 6.42 Å². The van der Waals surface area contributed by atoms with Gasteiger partial charge in [-0.2, -0.15) is 11.8 Å². The minimum atomic E-state index is -0.913. The number of aliphatic carboxylic acids is 1. The summed E-state index contributed by atoms with van der Waals surface area (Å²) in [6, 6.07) is -0.683. The van der Waals surface area contributed by atoms with E-state index in [1.807, 2.05) is 6.26 Å². The van der Waals surface area contributed by atoms with Gasteiger partial charge in [-0.05, 0) is 18.4 Å². The summed E-state index contributed by atoms with van der Waals surface area (Å²) in [6.07, 6.45) is 2.48. The maximum absolute atomic E-state index is 10.1. The molecule has 0 spiro atoms. The maximum atomic E-state index is 10.1. The Morgan fingerprint density at radius 3 is 2.60 bits per heavy atom. The molecule has 0 amide bonds. The molecule has 0 radical (unpaired) electrons. The molecular formula is C5H12LiNO2S. The quantitative estimate of drug-likeness (QED) is 0.540. The third-order valence-corrected chi connectivity index (χ3v) is 1.59. The van der Waals surface area contributed by atoms with Crippen molar-refractivity contribution in [2.45, 2.75) is 12.5 Å². The van der Waals surface area contributed by atoms with Gasteiger partial charge in [0.25, 0.3) is 0 Å². The van der Waals surface area contributed by atoms with Crippen molar-refractivity contribution in [2.75, 3.05) is 12.0 Å². The first-order chi connectivity index (χ1) is 4.18. The Kier molecular flexibility index (Phi) is 9.73. The molecule has 3 N–H and O–H groups in total. The number of hydrogen-bond acceptors (Lipinski definition) is 3. The van der Waals surface area contributed by atoms with Crippen LogP contribution in [0, 0.1) is 0 Å². The molecule has 5 heteroatoms. The van der Waals surface area contributed by atoms with Crippen LogP contribution in [0.4, 0.5) is 0 Å². The third-order valence-electron chi connectivity index (χ3n) is 0.950. The summed E-state index contributed by atoms with van der Waals surface area (Å²) in [4.78, 5) is 10.1. The molecule has 0 aliphatic rings. The zero-order chi connectivity index (χ0) is 7.28. The molecule has 0 saturated carbocycles. The summed E-state index contributed by atoms with van der Waals surface area (Å²) in [6.45, 7) is 0. The van der Waals surface area contributed by atoms with Crippen molar-refractivity contribution < 1.29 is 9.90 Å². The Morgan fingerprint density at radius 1 is 1.80 bits per heavy atom. The zero-order valence-electron chi connectivity index (χ0n) is 5.33. The van der Waals surface area contributed by atoms with Gasteiger partial charge in [-0.3, -0.25) is 4.79 Å². The molecule has 0 aliphatic heterocycles. The van der Waals surface area contributed by atoms with Gasteiger partial charge in [-0.15, -0.1) is 0 Å².